The standard InChI is InChI=1S/C22H29N3O2/c1-13-7-8-15(16(11-13)14-5-3-2-4-6-14)18-12-19(26)20-17(25-18)9-10-24-21(20)22(23)27/h9-10,12-16H,2-8,11H2,1H3,(H2,23,27)(H,25,26)/t13-,15?,16?/m1/s1. The van der Waals surface area contributed by atoms with E-state index in [2.05, 4.69) is 16.9 Å². The predicted molar refractivity (Wildman–Crippen MR) is 107 cm³/mol. The summed E-state index contributed by atoms with van der Waals surface area (Å²) < 4.78 is 0. The van der Waals surface area contributed by atoms with Crippen LogP contribution in [0, 0.1) is 17.8 Å². The number of pyridine rings is 2. The number of aromatic nitrogens is 2. The van der Waals surface area contributed by atoms with Crippen LogP contribution in [-0.4, -0.2) is 15.9 Å². The first-order chi connectivity index (χ1) is 13.0. The molecule has 0 saturated heterocycles. The maximum atomic E-state index is 12.8. The van der Waals surface area contributed by atoms with Crippen LogP contribution in [0.25, 0.3) is 10.9 Å². The van der Waals surface area contributed by atoms with Gasteiger partial charge in [0.15, 0.2) is 5.43 Å². The monoisotopic (exact) mass is 367 g/mol. The molecule has 0 spiro atoms. The first-order valence-electron chi connectivity index (χ1n) is 10.4. The minimum absolute atomic E-state index is 0.0568. The molecule has 0 aliphatic heterocycles. The number of primary amides is 1. The van der Waals surface area contributed by atoms with Gasteiger partial charge in [0, 0.05) is 23.9 Å². The SMILES string of the molecule is C[C@@H]1CCC(c2cc(=O)c3c(C(N)=O)nccc3[nH]2)C(C2CCCCC2)C1. The number of carbonyl (C=O) groups excluding carboxylic acids is 1. The van der Waals surface area contributed by atoms with Gasteiger partial charge in [0.05, 0.1) is 10.9 Å². The highest BCUT2D eigenvalue weighted by atomic mass is 16.1. The average Bonchev–Trinajstić information content (AvgIpc) is 2.68. The van der Waals surface area contributed by atoms with E-state index in [4.69, 9.17) is 5.73 Å². The number of carbonyl (C=O) groups is 1. The maximum absolute atomic E-state index is 12.8. The van der Waals surface area contributed by atoms with Gasteiger partial charge in [-0.2, -0.15) is 0 Å². The number of hydrogen-bond donors (Lipinski definition) is 2. The highest BCUT2D eigenvalue weighted by molar-refractivity contribution is 6.03. The van der Waals surface area contributed by atoms with Crippen LogP contribution in [-0.2, 0) is 0 Å². The zero-order valence-electron chi connectivity index (χ0n) is 16.0. The Hall–Kier alpha value is -2.17. The summed E-state index contributed by atoms with van der Waals surface area (Å²) in [4.78, 5) is 32.0. The van der Waals surface area contributed by atoms with Crippen molar-refractivity contribution in [2.75, 3.05) is 0 Å². The zero-order chi connectivity index (χ0) is 19.0. The van der Waals surface area contributed by atoms with E-state index in [1.807, 2.05) is 0 Å². The predicted octanol–water partition coefficient (Wildman–Crippen LogP) is 4.12. The Labute approximate surface area is 159 Å². The molecule has 144 valence electrons. The molecule has 0 bridgehead atoms. The van der Waals surface area contributed by atoms with Crippen LogP contribution in [0.5, 0.6) is 0 Å². The third-order valence-electron chi connectivity index (χ3n) is 6.81. The number of amides is 1. The highest BCUT2D eigenvalue weighted by Crippen LogP contribution is 2.47. The summed E-state index contributed by atoms with van der Waals surface area (Å²) >= 11 is 0. The lowest BCUT2D eigenvalue weighted by molar-refractivity contribution is 0.0997. The van der Waals surface area contributed by atoms with Crippen LogP contribution in [0.3, 0.4) is 0 Å². The summed E-state index contributed by atoms with van der Waals surface area (Å²) in [6.07, 6.45) is 11.8. The molecular formula is C22H29N3O2. The van der Waals surface area contributed by atoms with E-state index < -0.39 is 5.91 Å². The molecule has 5 heteroatoms. The molecule has 2 fully saturated rings. The number of aromatic amines is 1. The third kappa shape index (κ3) is 3.52. The minimum Gasteiger partial charge on any atom is -0.364 e. The Morgan fingerprint density at radius 2 is 1.96 bits per heavy atom. The largest absolute Gasteiger partial charge is 0.364 e. The Kier molecular flexibility index (Phi) is 5.02. The number of nitrogens with two attached hydrogens (primary N) is 1. The lowest BCUT2D eigenvalue weighted by atomic mass is 9.64. The fourth-order valence-corrected chi connectivity index (χ4v) is 5.50. The molecular weight excluding hydrogens is 338 g/mol. The number of hydrogen-bond acceptors (Lipinski definition) is 3. The van der Waals surface area contributed by atoms with Crippen LogP contribution < -0.4 is 11.2 Å². The second kappa shape index (κ2) is 7.45. The van der Waals surface area contributed by atoms with Crippen LogP contribution in [0.1, 0.15) is 80.4 Å². The number of fused-ring (bicyclic) bond motifs is 1. The lowest BCUT2D eigenvalue weighted by Crippen LogP contribution is -2.31. The highest BCUT2D eigenvalue weighted by Gasteiger charge is 2.36. The molecule has 0 aromatic carbocycles. The molecule has 2 aromatic heterocycles. The minimum atomic E-state index is -0.662. The summed E-state index contributed by atoms with van der Waals surface area (Å²) in [6.45, 7) is 2.36. The topological polar surface area (TPSA) is 88.8 Å². The van der Waals surface area contributed by atoms with E-state index in [0.29, 0.717) is 22.7 Å². The van der Waals surface area contributed by atoms with Gasteiger partial charge in [-0.1, -0.05) is 45.4 Å². The van der Waals surface area contributed by atoms with E-state index >= 15 is 0 Å². The van der Waals surface area contributed by atoms with Gasteiger partial charge in [-0.05, 0) is 36.7 Å². The first kappa shape index (κ1) is 18.2. The van der Waals surface area contributed by atoms with Crippen LogP contribution in [0.2, 0.25) is 0 Å². The fraction of sp³-hybridized carbons (Fsp3) is 0.591. The Balaban J connectivity index is 1.75. The van der Waals surface area contributed by atoms with Gasteiger partial charge in [0.1, 0.15) is 5.69 Å². The number of rotatable bonds is 3. The molecule has 3 N–H and O–H groups in total. The molecule has 1 amide bonds. The maximum Gasteiger partial charge on any atom is 0.268 e. The van der Waals surface area contributed by atoms with Gasteiger partial charge in [-0.25, -0.2) is 0 Å². The molecule has 2 saturated carbocycles. The summed E-state index contributed by atoms with van der Waals surface area (Å²) in [6, 6.07) is 3.47. The molecule has 2 aliphatic rings. The quantitative estimate of drug-likeness (QED) is 0.855. The molecule has 27 heavy (non-hydrogen) atoms. The summed E-state index contributed by atoms with van der Waals surface area (Å²) in [5.41, 5.74) is 7.01. The van der Waals surface area contributed by atoms with E-state index in [9.17, 15) is 9.59 Å². The number of nitrogens with zero attached hydrogens (tertiary/aromatic N) is 1. The average molecular weight is 367 g/mol. The molecule has 2 unspecified atom stereocenters. The van der Waals surface area contributed by atoms with E-state index in [0.717, 1.165) is 24.0 Å². The fourth-order valence-electron chi connectivity index (χ4n) is 5.50. The van der Waals surface area contributed by atoms with Crippen molar-refractivity contribution >= 4 is 16.8 Å². The van der Waals surface area contributed by atoms with Crippen molar-refractivity contribution in [2.24, 2.45) is 23.5 Å². The molecule has 3 atom stereocenters. The number of H-pyrrole nitrogens is 1. The van der Waals surface area contributed by atoms with Gasteiger partial charge < -0.3 is 10.7 Å². The molecule has 2 aromatic rings. The molecule has 0 radical (unpaired) electrons. The summed E-state index contributed by atoms with van der Waals surface area (Å²) in [5.74, 6) is 1.90. The van der Waals surface area contributed by atoms with E-state index in [-0.39, 0.29) is 11.1 Å². The van der Waals surface area contributed by atoms with Crippen molar-refractivity contribution in [1.29, 1.82) is 0 Å². The molecule has 2 heterocycles. The molecule has 5 nitrogen and oxygen atoms in total. The van der Waals surface area contributed by atoms with Gasteiger partial charge in [0.2, 0.25) is 0 Å². The lowest BCUT2D eigenvalue weighted by Gasteiger charge is -2.41. The molecule has 4 rings (SSSR count). The van der Waals surface area contributed by atoms with Gasteiger partial charge in [-0.15, -0.1) is 0 Å². The smallest absolute Gasteiger partial charge is 0.268 e. The van der Waals surface area contributed by atoms with Gasteiger partial charge >= 0.3 is 0 Å². The van der Waals surface area contributed by atoms with E-state index in [1.165, 1.54) is 44.9 Å². The zero-order valence-corrected chi connectivity index (χ0v) is 16.0. The van der Waals surface area contributed by atoms with Crippen molar-refractivity contribution in [3.05, 3.63) is 39.9 Å². The first-order valence-corrected chi connectivity index (χ1v) is 10.4. The van der Waals surface area contributed by atoms with Crippen molar-refractivity contribution in [2.45, 2.75) is 64.2 Å². The molecule has 2 aliphatic carbocycles. The Morgan fingerprint density at radius 1 is 1.19 bits per heavy atom. The van der Waals surface area contributed by atoms with E-state index in [1.54, 1.807) is 18.3 Å². The Bertz CT molecular complexity index is 898. The van der Waals surface area contributed by atoms with Crippen LogP contribution in [0.4, 0.5) is 0 Å². The van der Waals surface area contributed by atoms with Crippen LogP contribution in [0.15, 0.2) is 23.1 Å². The summed E-state index contributed by atoms with van der Waals surface area (Å²) in [5, 5.41) is 0.312. The van der Waals surface area contributed by atoms with Crippen molar-refractivity contribution < 1.29 is 4.79 Å². The summed E-state index contributed by atoms with van der Waals surface area (Å²) in [7, 11) is 0. The normalized spacial score (nSPS) is 26.9. The number of nitrogens with one attached hydrogen (secondary N) is 1. The van der Waals surface area contributed by atoms with Crippen molar-refractivity contribution in [1.82, 2.24) is 9.97 Å². The Morgan fingerprint density at radius 3 is 2.70 bits per heavy atom. The third-order valence-corrected chi connectivity index (χ3v) is 6.81. The second-order valence-corrected chi connectivity index (χ2v) is 8.62. The van der Waals surface area contributed by atoms with Gasteiger partial charge in [0.25, 0.3) is 5.91 Å². The second-order valence-electron chi connectivity index (χ2n) is 8.62. The van der Waals surface area contributed by atoms with Crippen molar-refractivity contribution in [3.8, 4) is 0 Å². The van der Waals surface area contributed by atoms with Gasteiger partial charge in [-0.3, -0.25) is 14.6 Å². The van der Waals surface area contributed by atoms with Crippen LogP contribution >= 0.6 is 0 Å². The van der Waals surface area contributed by atoms with Crippen molar-refractivity contribution in [3.63, 3.8) is 0 Å².